The van der Waals surface area contributed by atoms with Crippen LogP contribution >= 0.6 is 23.2 Å². The van der Waals surface area contributed by atoms with E-state index >= 15 is 0 Å². The van der Waals surface area contributed by atoms with E-state index in [4.69, 9.17) is 28.3 Å². The van der Waals surface area contributed by atoms with E-state index in [2.05, 4.69) is 5.32 Å². The van der Waals surface area contributed by atoms with E-state index in [0.717, 1.165) is 11.6 Å². The molecule has 10 nitrogen and oxygen atoms in total. The van der Waals surface area contributed by atoms with Crippen LogP contribution in [0.3, 0.4) is 0 Å². The van der Waals surface area contributed by atoms with Gasteiger partial charge in [-0.2, -0.15) is 4.31 Å². The zero-order chi connectivity index (χ0) is 29.2. The molecule has 212 valence electrons. The van der Waals surface area contributed by atoms with Crippen LogP contribution in [-0.4, -0.2) is 64.0 Å². The third-order valence-corrected chi connectivity index (χ3v) is 10.2. The van der Waals surface area contributed by atoms with Gasteiger partial charge >= 0.3 is 0 Å². The van der Waals surface area contributed by atoms with Crippen LogP contribution < -0.4 is 10.5 Å². The molecule has 0 unspecified atom stereocenters. The summed E-state index contributed by atoms with van der Waals surface area (Å²) in [5, 5.41) is 7.87. The predicted molar refractivity (Wildman–Crippen MR) is 151 cm³/mol. The number of hydrogen-bond acceptors (Lipinski definition) is 6. The Labute approximate surface area is 242 Å². The van der Waals surface area contributed by atoms with Gasteiger partial charge in [-0.1, -0.05) is 53.5 Å². The summed E-state index contributed by atoms with van der Waals surface area (Å²) in [6.07, 6.45) is 0. The second-order valence-corrected chi connectivity index (χ2v) is 13.4. The van der Waals surface area contributed by atoms with Gasteiger partial charge in [-0.3, -0.25) is 9.59 Å². The number of hydrogen-bond donors (Lipinski definition) is 2. The van der Waals surface area contributed by atoms with Gasteiger partial charge in [-0.05, 0) is 48.9 Å². The minimum atomic E-state index is -4.15. The van der Waals surface area contributed by atoms with E-state index < -0.39 is 31.9 Å². The number of primary sulfonamides is 1. The Kier molecular flexibility index (Phi) is 8.88. The average Bonchev–Trinajstić information content (AvgIpc) is 2.93. The van der Waals surface area contributed by atoms with Gasteiger partial charge in [-0.15, -0.1) is 0 Å². The van der Waals surface area contributed by atoms with E-state index in [1.165, 1.54) is 39.5 Å². The highest BCUT2D eigenvalue weighted by atomic mass is 35.5. The van der Waals surface area contributed by atoms with Crippen LogP contribution in [0, 0.1) is 0 Å². The van der Waals surface area contributed by atoms with Gasteiger partial charge in [-0.25, -0.2) is 22.0 Å². The molecule has 2 amide bonds. The number of carbonyl (C=O) groups is 2. The molecule has 1 heterocycles. The maximum atomic E-state index is 13.5. The molecule has 3 N–H and O–H groups in total. The van der Waals surface area contributed by atoms with Crippen LogP contribution in [0.15, 0.2) is 76.5 Å². The summed E-state index contributed by atoms with van der Waals surface area (Å²) in [4.78, 5) is 26.7. The van der Waals surface area contributed by atoms with E-state index in [1.54, 1.807) is 0 Å². The zero-order valence-electron chi connectivity index (χ0n) is 21.3. The third kappa shape index (κ3) is 6.48. The van der Waals surface area contributed by atoms with E-state index in [-0.39, 0.29) is 63.2 Å². The number of amides is 2. The van der Waals surface area contributed by atoms with Gasteiger partial charge in [0.2, 0.25) is 20.0 Å². The maximum absolute atomic E-state index is 13.5. The number of nitrogens with two attached hydrogens (primary N) is 1. The molecule has 1 aliphatic rings. The van der Waals surface area contributed by atoms with Crippen molar-refractivity contribution in [3.63, 3.8) is 0 Å². The standard InChI is InChI=1S/C26H26Cl2N4O6S2/c1-17(18-5-3-2-4-6-18)30-25(33)19-7-9-22(28)24(15-19)40(37,38)32-13-11-31(12-14-32)26(34)20-8-10-21(27)23(16-20)39(29,35)36/h2-10,15-17H,11-14H2,1H3,(H,30,33)(H2,29,35,36)/t17-/m0/s1. The van der Waals surface area contributed by atoms with Gasteiger partial charge in [0.1, 0.15) is 9.79 Å². The summed E-state index contributed by atoms with van der Waals surface area (Å²) in [7, 11) is -8.25. The molecule has 14 heteroatoms. The minimum Gasteiger partial charge on any atom is -0.346 e. The molecule has 1 atom stereocenters. The summed E-state index contributed by atoms with van der Waals surface area (Å²) < 4.78 is 51.7. The van der Waals surface area contributed by atoms with Crippen LogP contribution in [0.5, 0.6) is 0 Å². The number of nitrogens with zero attached hydrogens (tertiary/aromatic N) is 2. The molecule has 1 aliphatic heterocycles. The Morgan fingerprint density at radius 1 is 0.825 bits per heavy atom. The molecule has 40 heavy (non-hydrogen) atoms. The normalized spacial score (nSPS) is 15.4. The van der Waals surface area contributed by atoms with Crippen molar-refractivity contribution < 1.29 is 26.4 Å². The highest BCUT2D eigenvalue weighted by Crippen LogP contribution is 2.28. The van der Waals surface area contributed by atoms with Gasteiger partial charge < -0.3 is 10.2 Å². The topological polar surface area (TPSA) is 147 Å². The van der Waals surface area contributed by atoms with Crippen molar-refractivity contribution in [1.82, 2.24) is 14.5 Å². The van der Waals surface area contributed by atoms with Crippen molar-refractivity contribution in [2.24, 2.45) is 5.14 Å². The summed E-state index contributed by atoms with van der Waals surface area (Å²) >= 11 is 12.2. The van der Waals surface area contributed by atoms with Crippen LogP contribution in [0.4, 0.5) is 0 Å². The Morgan fingerprint density at radius 3 is 1.98 bits per heavy atom. The molecule has 3 aromatic rings. The van der Waals surface area contributed by atoms with Crippen molar-refractivity contribution in [3.05, 3.63) is 93.5 Å². The monoisotopic (exact) mass is 624 g/mol. The van der Waals surface area contributed by atoms with E-state index in [1.807, 2.05) is 37.3 Å². The molecule has 0 saturated carbocycles. The van der Waals surface area contributed by atoms with Crippen molar-refractivity contribution in [2.75, 3.05) is 26.2 Å². The zero-order valence-corrected chi connectivity index (χ0v) is 24.4. The maximum Gasteiger partial charge on any atom is 0.253 e. The molecule has 4 rings (SSSR count). The van der Waals surface area contributed by atoms with Gasteiger partial charge in [0, 0.05) is 37.3 Å². The fraction of sp³-hybridized carbons (Fsp3) is 0.231. The van der Waals surface area contributed by atoms with Crippen LogP contribution in [0.1, 0.15) is 39.2 Å². The number of benzene rings is 3. The fourth-order valence-electron chi connectivity index (χ4n) is 4.25. The largest absolute Gasteiger partial charge is 0.346 e. The van der Waals surface area contributed by atoms with Crippen molar-refractivity contribution in [3.8, 4) is 0 Å². The minimum absolute atomic E-state index is 0.0390. The Hall–Kier alpha value is -3.00. The molecule has 0 spiro atoms. The first-order valence-corrected chi connectivity index (χ1v) is 15.8. The first kappa shape index (κ1) is 30.0. The lowest BCUT2D eigenvalue weighted by Gasteiger charge is -2.34. The highest BCUT2D eigenvalue weighted by Gasteiger charge is 2.33. The van der Waals surface area contributed by atoms with Crippen LogP contribution in [0.25, 0.3) is 0 Å². The number of nitrogens with one attached hydrogen (secondary N) is 1. The second kappa shape index (κ2) is 11.9. The van der Waals surface area contributed by atoms with E-state index in [0.29, 0.717) is 0 Å². The molecular formula is C26H26Cl2N4O6S2. The molecule has 0 radical (unpaired) electrons. The first-order chi connectivity index (χ1) is 18.8. The number of sulfonamides is 2. The van der Waals surface area contributed by atoms with Crippen LogP contribution in [-0.2, 0) is 20.0 Å². The Morgan fingerprint density at radius 2 is 1.38 bits per heavy atom. The van der Waals surface area contributed by atoms with E-state index in [9.17, 15) is 26.4 Å². The molecule has 0 aromatic heterocycles. The van der Waals surface area contributed by atoms with Crippen LogP contribution in [0.2, 0.25) is 10.0 Å². The first-order valence-electron chi connectivity index (χ1n) is 12.1. The number of carbonyl (C=O) groups excluding carboxylic acids is 2. The summed E-state index contributed by atoms with van der Waals surface area (Å²) in [6.45, 7) is 1.82. The summed E-state index contributed by atoms with van der Waals surface area (Å²) in [6, 6.07) is 16.8. The second-order valence-electron chi connectivity index (χ2n) is 9.14. The quantitative estimate of drug-likeness (QED) is 0.412. The number of halogens is 2. The average molecular weight is 626 g/mol. The Bertz CT molecular complexity index is 1660. The van der Waals surface area contributed by atoms with Crippen molar-refractivity contribution in [1.29, 1.82) is 0 Å². The lowest BCUT2D eigenvalue weighted by molar-refractivity contribution is 0.0697. The third-order valence-electron chi connectivity index (χ3n) is 6.47. The molecule has 3 aromatic carbocycles. The fourth-order valence-corrected chi connectivity index (χ4v) is 7.25. The smallest absolute Gasteiger partial charge is 0.253 e. The molecule has 0 bridgehead atoms. The highest BCUT2D eigenvalue weighted by molar-refractivity contribution is 7.89. The summed E-state index contributed by atoms with van der Waals surface area (Å²) in [5.41, 5.74) is 1.08. The Balaban J connectivity index is 1.47. The number of rotatable bonds is 7. The van der Waals surface area contributed by atoms with Gasteiger partial charge in [0.15, 0.2) is 0 Å². The molecule has 1 saturated heterocycles. The summed E-state index contributed by atoms with van der Waals surface area (Å²) in [5.74, 6) is -0.954. The van der Waals surface area contributed by atoms with Gasteiger partial charge in [0.25, 0.3) is 11.8 Å². The lowest BCUT2D eigenvalue weighted by atomic mass is 10.1. The number of piperazine rings is 1. The lowest BCUT2D eigenvalue weighted by Crippen LogP contribution is -2.50. The molecule has 0 aliphatic carbocycles. The SMILES string of the molecule is C[C@H](NC(=O)c1ccc(Cl)c(S(=O)(=O)N2CCN(C(=O)c3ccc(Cl)c(S(N)(=O)=O)c3)CC2)c1)c1ccccc1. The van der Waals surface area contributed by atoms with Gasteiger partial charge in [0.05, 0.1) is 16.1 Å². The van der Waals surface area contributed by atoms with Crippen molar-refractivity contribution in [2.45, 2.75) is 22.8 Å². The molecular weight excluding hydrogens is 599 g/mol. The molecule has 1 fully saturated rings. The van der Waals surface area contributed by atoms with Crippen molar-refractivity contribution >= 4 is 55.1 Å². The predicted octanol–water partition coefficient (Wildman–Crippen LogP) is 3.28.